The van der Waals surface area contributed by atoms with Crippen molar-refractivity contribution in [2.24, 2.45) is 4.99 Å². The molecule has 0 aliphatic heterocycles. The molecule has 0 aromatic heterocycles. The molecule has 94 valence electrons. The normalized spacial score (nSPS) is 21.2. The maximum absolute atomic E-state index is 13.0. The Bertz CT molecular complexity index is 522. The van der Waals surface area contributed by atoms with E-state index in [1.807, 2.05) is 0 Å². The van der Waals surface area contributed by atoms with Crippen LogP contribution in [0.25, 0.3) is 0 Å². The lowest BCUT2D eigenvalue weighted by molar-refractivity contribution is 0.112. The van der Waals surface area contributed by atoms with E-state index in [0.717, 1.165) is 0 Å². The third-order valence-electron chi connectivity index (χ3n) is 2.69. The number of thioether (sulfide) groups is 1. The molecule has 1 fully saturated rings. The van der Waals surface area contributed by atoms with Gasteiger partial charge in [-0.1, -0.05) is 23.9 Å². The van der Waals surface area contributed by atoms with Crippen molar-refractivity contribution in [1.82, 2.24) is 5.32 Å². The predicted molar refractivity (Wildman–Crippen MR) is 68.1 cm³/mol. The Hall–Kier alpha value is -1.61. The van der Waals surface area contributed by atoms with Crippen molar-refractivity contribution < 1.29 is 8.78 Å². The van der Waals surface area contributed by atoms with Gasteiger partial charge < -0.3 is 0 Å². The summed E-state index contributed by atoms with van der Waals surface area (Å²) in [6, 6.07) is 6.74. The minimum absolute atomic E-state index is 0.0913. The van der Waals surface area contributed by atoms with Gasteiger partial charge in [-0.15, -0.1) is 0 Å². The van der Waals surface area contributed by atoms with E-state index in [1.54, 1.807) is 36.7 Å². The van der Waals surface area contributed by atoms with Crippen LogP contribution in [-0.4, -0.2) is 17.3 Å². The van der Waals surface area contributed by atoms with Gasteiger partial charge in [-0.05, 0) is 24.0 Å². The molecular formula is C12H11F2N3S. The van der Waals surface area contributed by atoms with E-state index in [0.29, 0.717) is 16.4 Å². The number of nitrogens with zero attached hydrogens (tertiary/aromatic N) is 2. The van der Waals surface area contributed by atoms with Crippen molar-refractivity contribution in [3.05, 3.63) is 29.8 Å². The standard InChI is InChI=1S/C12H11F2N3S/c1-18-11(16-7-15)17-9-4-2-3-8(5-9)10-6-12(10,13)14/h2-5,10H,6H2,1H3,(H,16,17). The number of hydrogen-bond donors (Lipinski definition) is 1. The van der Waals surface area contributed by atoms with E-state index in [-0.39, 0.29) is 6.42 Å². The van der Waals surface area contributed by atoms with Gasteiger partial charge in [-0.3, -0.25) is 5.32 Å². The molecule has 1 saturated carbocycles. The van der Waals surface area contributed by atoms with Crippen molar-refractivity contribution in [2.45, 2.75) is 18.3 Å². The van der Waals surface area contributed by atoms with Crippen molar-refractivity contribution >= 4 is 22.6 Å². The molecule has 1 unspecified atom stereocenters. The summed E-state index contributed by atoms with van der Waals surface area (Å²) >= 11 is 1.29. The van der Waals surface area contributed by atoms with Crippen LogP contribution >= 0.6 is 11.8 Å². The SMILES string of the molecule is CSC(=Nc1cccc(C2CC2(F)F)c1)NC#N. The van der Waals surface area contributed by atoms with Crippen LogP contribution in [0.5, 0.6) is 0 Å². The summed E-state index contributed by atoms with van der Waals surface area (Å²) in [5, 5.41) is 11.4. The molecule has 0 spiro atoms. The zero-order valence-electron chi connectivity index (χ0n) is 9.65. The molecule has 1 aliphatic carbocycles. The van der Waals surface area contributed by atoms with Crippen LogP contribution in [0.3, 0.4) is 0 Å². The van der Waals surface area contributed by atoms with Gasteiger partial charge in [0.25, 0.3) is 5.92 Å². The minimum Gasteiger partial charge on any atom is -0.271 e. The molecule has 0 radical (unpaired) electrons. The van der Waals surface area contributed by atoms with Crippen LogP contribution in [0.15, 0.2) is 29.3 Å². The van der Waals surface area contributed by atoms with Crippen molar-refractivity contribution in [3.8, 4) is 6.19 Å². The Kier molecular flexibility index (Phi) is 3.53. The topological polar surface area (TPSA) is 48.2 Å². The number of rotatable bonds is 2. The fourth-order valence-electron chi connectivity index (χ4n) is 1.68. The van der Waals surface area contributed by atoms with Crippen LogP contribution in [0.2, 0.25) is 0 Å². The van der Waals surface area contributed by atoms with Gasteiger partial charge in [0, 0.05) is 6.42 Å². The number of halogens is 2. The van der Waals surface area contributed by atoms with E-state index in [2.05, 4.69) is 10.3 Å². The van der Waals surface area contributed by atoms with Crippen LogP contribution in [-0.2, 0) is 0 Å². The first-order chi connectivity index (χ1) is 8.56. The van der Waals surface area contributed by atoms with Crippen molar-refractivity contribution in [2.75, 3.05) is 6.26 Å². The van der Waals surface area contributed by atoms with Crippen molar-refractivity contribution in [3.63, 3.8) is 0 Å². The predicted octanol–water partition coefficient (Wildman–Crippen LogP) is 3.23. The Morgan fingerprint density at radius 3 is 2.89 bits per heavy atom. The maximum atomic E-state index is 13.0. The van der Waals surface area contributed by atoms with Gasteiger partial charge >= 0.3 is 0 Å². The van der Waals surface area contributed by atoms with E-state index in [1.165, 1.54) is 11.8 Å². The summed E-state index contributed by atoms with van der Waals surface area (Å²) < 4.78 is 25.9. The second-order valence-corrected chi connectivity index (χ2v) is 4.77. The average molecular weight is 267 g/mol. The first kappa shape index (κ1) is 12.8. The smallest absolute Gasteiger partial charge is 0.255 e. The number of hydrogen-bond acceptors (Lipinski definition) is 3. The molecule has 1 aromatic carbocycles. The Morgan fingerprint density at radius 1 is 1.61 bits per heavy atom. The molecule has 2 rings (SSSR count). The molecule has 0 amide bonds. The molecular weight excluding hydrogens is 256 g/mol. The Balaban J connectivity index is 2.20. The highest BCUT2D eigenvalue weighted by atomic mass is 32.2. The number of alkyl halides is 2. The van der Waals surface area contributed by atoms with E-state index in [4.69, 9.17) is 5.26 Å². The zero-order valence-corrected chi connectivity index (χ0v) is 10.5. The first-order valence-corrected chi connectivity index (χ1v) is 6.55. The number of amidine groups is 1. The molecule has 1 N–H and O–H groups in total. The molecule has 0 bridgehead atoms. The molecule has 6 heteroatoms. The number of benzene rings is 1. The molecule has 3 nitrogen and oxygen atoms in total. The molecule has 1 atom stereocenters. The fourth-order valence-corrected chi connectivity index (χ4v) is 2.02. The van der Waals surface area contributed by atoms with Crippen molar-refractivity contribution in [1.29, 1.82) is 5.26 Å². The summed E-state index contributed by atoms with van der Waals surface area (Å²) in [6.07, 6.45) is 3.47. The number of aliphatic imine (C=N–C) groups is 1. The summed E-state index contributed by atoms with van der Waals surface area (Å²) in [7, 11) is 0. The summed E-state index contributed by atoms with van der Waals surface area (Å²) in [4.78, 5) is 4.19. The summed E-state index contributed by atoms with van der Waals surface area (Å²) in [5.74, 6) is -3.26. The lowest BCUT2D eigenvalue weighted by Gasteiger charge is -2.03. The van der Waals surface area contributed by atoms with Crippen LogP contribution in [0.1, 0.15) is 17.9 Å². The summed E-state index contributed by atoms with van der Waals surface area (Å²) in [5.41, 5.74) is 1.17. The third-order valence-corrected chi connectivity index (χ3v) is 3.27. The average Bonchev–Trinajstić information content (AvgIpc) is 2.98. The van der Waals surface area contributed by atoms with Gasteiger partial charge in [-0.25, -0.2) is 13.8 Å². The molecule has 0 heterocycles. The number of nitriles is 1. The van der Waals surface area contributed by atoms with E-state index >= 15 is 0 Å². The van der Waals surface area contributed by atoms with Gasteiger partial charge in [0.1, 0.15) is 0 Å². The Labute approximate surface area is 108 Å². The van der Waals surface area contributed by atoms with Gasteiger partial charge in [-0.2, -0.15) is 5.26 Å². The molecule has 1 aromatic rings. The van der Waals surface area contributed by atoms with Gasteiger partial charge in [0.2, 0.25) is 0 Å². The van der Waals surface area contributed by atoms with Gasteiger partial charge in [0.05, 0.1) is 11.6 Å². The van der Waals surface area contributed by atoms with Crippen LogP contribution in [0, 0.1) is 11.5 Å². The van der Waals surface area contributed by atoms with E-state index < -0.39 is 11.8 Å². The highest BCUT2D eigenvalue weighted by Crippen LogP contribution is 2.55. The highest BCUT2D eigenvalue weighted by molar-refractivity contribution is 8.13. The molecule has 0 saturated heterocycles. The highest BCUT2D eigenvalue weighted by Gasteiger charge is 2.57. The first-order valence-electron chi connectivity index (χ1n) is 5.32. The molecule has 18 heavy (non-hydrogen) atoms. The van der Waals surface area contributed by atoms with Gasteiger partial charge in [0.15, 0.2) is 11.4 Å². The largest absolute Gasteiger partial charge is 0.271 e. The summed E-state index contributed by atoms with van der Waals surface area (Å²) in [6.45, 7) is 0. The Morgan fingerprint density at radius 2 is 2.33 bits per heavy atom. The zero-order chi connectivity index (χ0) is 13.2. The third kappa shape index (κ3) is 2.79. The van der Waals surface area contributed by atoms with Crippen LogP contribution < -0.4 is 5.32 Å². The van der Waals surface area contributed by atoms with E-state index in [9.17, 15) is 8.78 Å². The second kappa shape index (κ2) is 4.94. The lowest BCUT2D eigenvalue weighted by Crippen LogP contribution is -2.12. The maximum Gasteiger partial charge on any atom is 0.255 e. The second-order valence-electron chi connectivity index (χ2n) is 3.97. The molecule has 1 aliphatic rings. The number of nitrogens with one attached hydrogen (secondary N) is 1. The minimum atomic E-state index is -2.57. The lowest BCUT2D eigenvalue weighted by atomic mass is 10.1. The fraction of sp³-hybridized carbons (Fsp3) is 0.333. The quantitative estimate of drug-likeness (QED) is 0.387. The monoisotopic (exact) mass is 267 g/mol. The van der Waals surface area contributed by atoms with Crippen LogP contribution in [0.4, 0.5) is 14.5 Å².